The lowest BCUT2D eigenvalue weighted by Crippen LogP contribution is -1.94. The summed E-state index contributed by atoms with van der Waals surface area (Å²) in [5, 5.41) is 4.38. The largest absolute Gasteiger partial charge is 0.275 e. The molecule has 0 saturated carbocycles. The molecule has 0 amide bonds. The molecule has 0 atom stereocenters. The first kappa shape index (κ1) is 8.30. The maximum absolute atomic E-state index is 4.38. The second-order valence-corrected chi connectivity index (χ2v) is 3.58. The lowest BCUT2D eigenvalue weighted by atomic mass is 9.97. The molecule has 13 heavy (non-hydrogen) atoms. The lowest BCUT2D eigenvalue weighted by Gasteiger charge is -2.09. The van der Waals surface area contributed by atoms with Gasteiger partial charge in [-0.2, -0.15) is 5.10 Å². The predicted molar refractivity (Wildman–Crippen MR) is 54.2 cm³/mol. The van der Waals surface area contributed by atoms with E-state index in [0.29, 0.717) is 0 Å². The standard InChI is InChI=1S/C11H14N2/c1-9-3-5-10(6-4-9)11-7-8-13(2)12-11/h3,5,7-8H,4,6H2,1-2H3. The van der Waals surface area contributed by atoms with E-state index in [1.807, 2.05) is 17.9 Å². The fraction of sp³-hybridized carbons (Fsp3) is 0.364. The van der Waals surface area contributed by atoms with Crippen LogP contribution in [0.15, 0.2) is 30.0 Å². The van der Waals surface area contributed by atoms with Gasteiger partial charge in [0.1, 0.15) is 0 Å². The average molecular weight is 174 g/mol. The number of hydrogen-bond acceptors (Lipinski definition) is 1. The third-order valence-corrected chi connectivity index (χ3v) is 2.40. The van der Waals surface area contributed by atoms with Crippen molar-refractivity contribution >= 4 is 5.57 Å². The van der Waals surface area contributed by atoms with Gasteiger partial charge in [0.25, 0.3) is 0 Å². The Morgan fingerprint density at radius 2 is 2.15 bits per heavy atom. The van der Waals surface area contributed by atoms with Crippen LogP contribution < -0.4 is 0 Å². The second kappa shape index (κ2) is 3.21. The van der Waals surface area contributed by atoms with Gasteiger partial charge in [0.15, 0.2) is 0 Å². The van der Waals surface area contributed by atoms with Crippen LogP contribution in [0.1, 0.15) is 25.5 Å². The van der Waals surface area contributed by atoms with Gasteiger partial charge in [-0.1, -0.05) is 17.7 Å². The smallest absolute Gasteiger partial charge is 0.0882 e. The minimum absolute atomic E-state index is 1.12. The lowest BCUT2D eigenvalue weighted by molar-refractivity contribution is 0.760. The molecular formula is C11H14N2. The molecule has 1 aliphatic carbocycles. The zero-order chi connectivity index (χ0) is 9.26. The third kappa shape index (κ3) is 1.72. The molecule has 0 saturated heterocycles. The first-order chi connectivity index (χ1) is 6.25. The molecule has 68 valence electrons. The summed E-state index contributed by atoms with van der Waals surface area (Å²) in [5.74, 6) is 0. The Morgan fingerprint density at radius 1 is 1.31 bits per heavy atom. The molecule has 1 aromatic heterocycles. The van der Waals surface area contributed by atoms with Crippen LogP contribution in [0.2, 0.25) is 0 Å². The summed E-state index contributed by atoms with van der Waals surface area (Å²) in [4.78, 5) is 0. The molecule has 0 bridgehead atoms. The fourth-order valence-electron chi connectivity index (χ4n) is 1.54. The Bertz CT molecular complexity index is 369. The quantitative estimate of drug-likeness (QED) is 0.639. The molecule has 0 fully saturated rings. The summed E-state index contributed by atoms with van der Waals surface area (Å²) in [6.07, 6.45) is 8.65. The molecule has 0 aromatic carbocycles. The van der Waals surface area contributed by atoms with Crippen molar-refractivity contribution in [2.45, 2.75) is 19.8 Å². The summed E-state index contributed by atoms with van der Waals surface area (Å²) in [5.41, 5.74) is 3.93. The van der Waals surface area contributed by atoms with Gasteiger partial charge >= 0.3 is 0 Å². The normalized spacial score (nSPS) is 16.8. The average Bonchev–Trinajstić information content (AvgIpc) is 2.53. The number of aromatic nitrogens is 2. The number of nitrogens with zero attached hydrogens (tertiary/aromatic N) is 2. The Kier molecular flexibility index (Phi) is 2.05. The van der Waals surface area contributed by atoms with Crippen molar-refractivity contribution in [1.82, 2.24) is 9.78 Å². The van der Waals surface area contributed by atoms with Crippen LogP contribution in [-0.2, 0) is 7.05 Å². The third-order valence-electron chi connectivity index (χ3n) is 2.40. The minimum atomic E-state index is 1.12. The van der Waals surface area contributed by atoms with Gasteiger partial charge in [0.2, 0.25) is 0 Å². The number of allylic oxidation sites excluding steroid dienone is 4. The summed E-state index contributed by atoms with van der Waals surface area (Å²) >= 11 is 0. The Hall–Kier alpha value is -1.31. The van der Waals surface area contributed by atoms with Gasteiger partial charge in [-0.25, -0.2) is 0 Å². The van der Waals surface area contributed by atoms with Crippen LogP contribution >= 0.6 is 0 Å². The van der Waals surface area contributed by atoms with Crippen LogP contribution in [-0.4, -0.2) is 9.78 Å². The number of aryl methyl sites for hydroxylation is 1. The molecule has 1 aromatic rings. The van der Waals surface area contributed by atoms with Crippen molar-refractivity contribution in [3.05, 3.63) is 35.7 Å². The van der Waals surface area contributed by atoms with E-state index in [-0.39, 0.29) is 0 Å². The fourth-order valence-corrected chi connectivity index (χ4v) is 1.54. The van der Waals surface area contributed by atoms with Gasteiger partial charge in [-0.05, 0) is 31.4 Å². The molecule has 0 N–H and O–H groups in total. The molecule has 2 rings (SSSR count). The van der Waals surface area contributed by atoms with Gasteiger partial charge in [-0.3, -0.25) is 4.68 Å². The molecule has 1 aliphatic rings. The molecule has 2 nitrogen and oxygen atoms in total. The summed E-state index contributed by atoms with van der Waals surface area (Å²) < 4.78 is 1.85. The zero-order valence-corrected chi connectivity index (χ0v) is 8.12. The van der Waals surface area contributed by atoms with Gasteiger partial charge < -0.3 is 0 Å². The van der Waals surface area contributed by atoms with E-state index in [1.54, 1.807) is 0 Å². The van der Waals surface area contributed by atoms with Gasteiger partial charge in [0.05, 0.1) is 5.69 Å². The van der Waals surface area contributed by atoms with Crippen LogP contribution in [0.5, 0.6) is 0 Å². The summed E-state index contributed by atoms with van der Waals surface area (Å²) in [7, 11) is 1.95. The predicted octanol–water partition coefficient (Wildman–Crippen LogP) is 2.54. The van der Waals surface area contributed by atoms with E-state index in [1.165, 1.54) is 17.6 Å². The molecule has 0 spiro atoms. The molecule has 0 unspecified atom stereocenters. The highest BCUT2D eigenvalue weighted by Crippen LogP contribution is 2.24. The monoisotopic (exact) mass is 174 g/mol. The zero-order valence-electron chi connectivity index (χ0n) is 8.12. The van der Waals surface area contributed by atoms with E-state index in [2.05, 4.69) is 30.2 Å². The topological polar surface area (TPSA) is 17.8 Å². The van der Waals surface area contributed by atoms with Gasteiger partial charge in [-0.15, -0.1) is 0 Å². The van der Waals surface area contributed by atoms with E-state index in [4.69, 9.17) is 0 Å². The maximum atomic E-state index is 4.38. The van der Waals surface area contributed by atoms with Gasteiger partial charge in [0, 0.05) is 13.2 Å². The molecule has 0 aliphatic heterocycles. The highest BCUT2D eigenvalue weighted by Gasteiger charge is 2.07. The number of hydrogen-bond donors (Lipinski definition) is 0. The van der Waals surface area contributed by atoms with Crippen LogP contribution in [0.3, 0.4) is 0 Å². The summed E-state index contributed by atoms with van der Waals surface area (Å²) in [6, 6.07) is 2.07. The Balaban J connectivity index is 2.28. The minimum Gasteiger partial charge on any atom is -0.275 e. The van der Waals surface area contributed by atoms with Crippen molar-refractivity contribution in [3.63, 3.8) is 0 Å². The van der Waals surface area contributed by atoms with E-state index in [0.717, 1.165) is 12.1 Å². The SMILES string of the molecule is CC1=CC=C(c2ccn(C)n2)CC1. The van der Waals surface area contributed by atoms with E-state index < -0.39 is 0 Å². The highest BCUT2D eigenvalue weighted by atomic mass is 15.2. The molecule has 2 heteroatoms. The van der Waals surface area contributed by atoms with Crippen LogP contribution in [0.25, 0.3) is 5.57 Å². The molecular weight excluding hydrogens is 160 g/mol. The Labute approximate surface area is 78.6 Å². The highest BCUT2D eigenvalue weighted by molar-refractivity contribution is 5.65. The molecule has 1 heterocycles. The van der Waals surface area contributed by atoms with Crippen LogP contribution in [0, 0.1) is 0 Å². The van der Waals surface area contributed by atoms with Crippen molar-refractivity contribution in [2.75, 3.05) is 0 Å². The van der Waals surface area contributed by atoms with Crippen molar-refractivity contribution < 1.29 is 0 Å². The summed E-state index contributed by atoms with van der Waals surface area (Å²) in [6.45, 7) is 2.17. The van der Waals surface area contributed by atoms with E-state index in [9.17, 15) is 0 Å². The van der Waals surface area contributed by atoms with Crippen molar-refractivity contribution in [1.29, 1.82) is 0 Å². The number of rotatable bonds is 1. The maximum Gasteiger partial charge on any atom is 0.0882 e. The van der Waals surface area contributed by atoms with Crippen molar-refractivity contribution in [3.8, 4) is 0 Å². The van der Waals surface area contributed by atoms with Crippen molar-refractivity contribution in [2.24, 2.45) is 7.05 Å². The Morgan fingerprint density at radius 3 is 2.69 bits per heavy atom. The van der Waals surface area contributed by atoms with E-state index >= 15 is 0 Å². The van der Waals surface area contributed by atoms with Crippen LogP contribution in [0.4, 0.5) is 0 Å². The first-order valence-corrected chi connectivity index (χ1v) is 4.62. The first-order valence-electron chi connectivity index (χ1n) is 4.62. The second-order valence-electron chi connectivity index (χ2n) is 3.58. The molecule has 0 radical (unpaired) electrons.